The molecule has 0 aliphatic heterocycles. The van der Waals surface area contributed by atoms with E-state index >= 15 is 0 Å². The highest BCUT2D eigenvalue weighted by Crippen LogP contribution is 2.23. The van der Waals surface area contributed by atoms with Gasteiger partial charge in [0.05, 0.1) is 0 Å². The Hall–Kier alpha value is -0.890. The Bertz CT molecular complexity index is 308. The second-order valence-corrected chi connectivity index (χ2v) is 4.24. The van der Waals surface area contributed by atoms with Crippen LogP contribution in [0.15, 0.2) is 12.1 Å². The van der Waals surface area contributed by atoms with Crippen molar-refractivity contribution in [2.45, 2.75) is 33.7 Å². The van der Waals surface area contributed by atoms with Gasteiger partial charge in [-0.3, -0.25) is 0 Å². The van der Waals surface area contributed by atoms with Crippen LogP contribution < -0.4 is 5.73 Å². The first-order valence-corrected chi connectivity index (χ1v) is 4.95. The van der Waals surface area contributed by atoms with Crippen LogP contribution in [0.1, 0.15) is 36.6 Å². The molecule has 78 valence electrons. The minimum Gasteiger partial charge on any atom is -0.324 e. The van der Waals surface area contributed by atoms with Crippen molar-refractivity contribution >= 4 is 0 Å². The van der Waals surface area contributed by atoms with E-state index in [4.69, 9.17) is 5.73 Å². The molecular weight excluding hydrogens is 177 g/mol. The summed E-state index contributed by atoms with van der Waals surface area (Å²) >= 11 is 0. The zero-order chi connectivity index (χ0) is 10.9. The number of hydrogen-bond acceptors (Lipinski definition) is 1. The van der Waals surface area contributed by atoms with E-state index in [-0.39, 0.29) is 11.9 Å². The molecule has 0 amide bonds. The molecule has 0 spiro atoms. The van der Waals surface area contributed by atoms with Crippen LogP contribution in [0.4, 0.5) is 4.39 Å². The van der Waals surface area contributed by atoms with Crippen molar-refractivity contribution in [1.29, 1.82) is 0 Å². The Morgan fingerprint density at radius 2 is 1.57 bits per heavy atom. The SMILES string of the molecule is Cc1cc(C(N)C(C)C)cc(C)c1F. The highest BCUT2D eigenvalue weighted by atomic mass is 19.1. The zero-order valence-corrected chi connectivity index (χ0v) is 9.26. The first-order valence-electron chi connectivity index (χ1n) is 4.95. The maximum absolute atomic E-state index is 13.3. The van der Waals surface area contributed by atoms with Crippen LogP contribution >= 0.6 is 0 Å². The molecule has 0 saturated heterocycles. The number of benzene rings is 1. The minimum atomic E-state index is -0.121. The molecule has 0 aliphatic carbocycles. The topological polar surface area (TPSA) is 26.0 Å². The van der Waals surface area contributed by atoms with Crippen molar-refractivity contribution in [3.05, 3.63) is 34.6 Å². The molecule has 0 fully saturated rings. The van der Waals surface area contributed by atoms with E-state index in [1.165, 1.54) is 0 Å². The summed E-state index contributed by atoms with van der Waals surface area (Å²) in [6.07, 6.45) is 0. The van der Waals surface area contributed by atoms with Gasteiger partial charge >= 0.3 is 0 Å². The van der Waals surface area contributed by atoms with Crippen LogP contribution in [0.3, 0.4) is 0 Å². The predicted octanol–water partition coefficient (Wildman–Crippen LogP) is 3.10. The smallest absolute Gasteiger partial charge is 0.129 e. The van der Waals surface area contributed by atoms with E-state index in [0.29, 0.717) is 17.0 Å². The molecule has 1 nitrogen and oxygen atoms in total. The van der Waals surface area contributed by atoms with Crippen molar-refractivity contribution in [1.82, 2.24) is 0 Å². The van der Waals surface area contributed by atoms with Crippen LogP contribution in [0.25, 0.3) is 0 Å². The largest absolute Gasteiger partial charge is 0.324 e. The van der Waals surface area contributed by atoms with Crippen molar-refractivity contribution in [2.24, 2.45) is 11.7 Å². The summed E-state index contributed by atoms with van der Waals surface area (Å²) in [4.78, 5) is 0. The second kappa shape index (κ2) is 4.09. The molecule has 0 aliphatic rings. The Morgan fingerprint density at radius 3 is 1.93 bits per heavy atom. The molecule has 0 radical (unpaired) electrons. The summed E-state index contributed by atoms with van der Waals surface area (Å²) in [6, 6.07) is 3.67. The van der Waals surface area contributed by atoms with Gasteiger partial charge in [-0.25, -0.2) is 4.39 Å². The third-order valence-corrected chi connectivity index (χ3v) is 2.56. The molecule has 14 heavy (non-hydrogen) atoms. The van der Waals surface area contributed by atoms with Gasteiger partial charge in [-0.2, -0.15) is 0 Å². The molecule has 0 saturated carbocycles. The van der Waals surface area contributed by atoms with E-state index in [0.717, 1.165) is 5.56 Å². The number of nitrogens with two attached hydrogens (primary N) is 1. The molecule has 0 heterocycles. The van der Waals surface area contributed by atoms with Crippen LogP contribution in [0.2, 0.25) is 0 Å². The number of halogens is 1. The average molecular weight is 195 g/mol. The fraction of sp³-hybridized carbons (Fsp3) is 0.500. The van der Waals surface area contributed by atoms with E-state index in [9.17, 15) is 4.39 Å². The van der Waals surface area contributed by atoms with E-state index in [2.05, 4.69) is 13.8 Å². The van der Waals surface area contributed by atoms with Gasteiger partial charge < -0.3 is 5.73 Å². The number of hydrogen-bond donors (Lipinski definition) is 1. The van der Waals surface area contributed by atoms with E-state index < -0.39 is 0 Å². The lowest BCUT2D eigenvalue weighted by Crippen LogP contribution is -2.17. The Balaban J connectivity index is 3.12. The van der Waals surface area contributed by atoms with Crippen molar-refractivity contribution in [3.8, 4) is 0 Å². The zero-order valence-electron chi connectivity index (χ0n) is 9.26. The average Bonchev–Trinajstić information content (AvgIpc) is 2.12. The quantitative estimate of drug-likeness (QED) is 0.771. The molecule has 1 unspecified atom stereocenters. The van der Waals surface area contributed by atoms with Gasteiger partial charge in [-0.05, 0) is 36.5 Å². The van der Waals surface area contributed by atoms with Crippen LogP contribution in [0.5, 0.6) is 0 Å². The van der Waals surface area contributed by atoms with E-state index in [1.54, 1.807) is 13.8 Å². The Kier molecular flexibility index (Phi) is 3.27. The lowest BCUT2D eigenvalue weighted by atomic mass is 9.94. The van der Waals surface area contributed by atoms with Gasteiger partial charge in [0.25, 0.3) is 0 Å². The molecule has 2 heteroatoms. The molecule has 1 aromatic rings. The van der Waals surface area contributed by atoms with E-state index in [1.807, 2.05) is 12.1 Å². The summed E-state index contributed by atoms with van der Waals surface area (Å²) in [5.41, 5.74) is 8.38. The van der Waals surface area contributed by atoms with Gasteiger partial charge in [0.15, 0.2) is 0 Å². The Morgan fingerprint density at radius 1 is 1.14 bits per heavy atom. The molecular formula is C12H18FN. The van der Waals surface area contributed by atoms with Crippen LogP contribution in [-0.2, 0) is 0 Å². The van der Waals surface area contributed by atoms with Gasteiger partial charge in [0.1, 0.15) is 5.82 Å². The summed E-state index contributed by atoms with van der Waals surface area (Å²) < 4.78 is 13.3. The highest BCUT2D eigenvalue weighted by Gasteiger charge is 2.13. The van der Waals surface area contributed by atoms with Gasteiger partial charge in [-0.1, -0.05) is 26.0 Å². The highest BCUT2D eigenvalue weighted by molar-refractivity contribution is 5.32. The molecule has 0 bridgehead atoms. The minimum absolute atomic E-state index is 0.00648. The lowest BCUT2D eigenvalue weighted by molar-refractivity contribution is 0.511. The Labute approximate surface area is 85.1 Å². The first kappa shape index (κ1) is 11.2. The standard InChI is InChI=1S/C12H18FN/c1-7(2)12(14)10-5-8(3)11(13)9(4)6-10/h5-7,12H,14H2,1-4H3. The fourth-order valence-corrected chi connectivity index (χ4v) is 1.56. The third-order valence-electron chi connectivity index (χ3n) is 2.56. The predicted molar refractivity (Wildman–Crippen MR) is 57.6 cm³/mol. The summed E-state index contributed by atoms with van der Waals surface area (Å²) in [5, 5.41) is 0. The molecule has 1 rings (SSSR count). The maximum Gasteiger partial charge on any atom is 0.129 e. The lowest BCUT2D eigenvalue weighted by Gasteiger charge is -2.17. The second-order valence-electron chi connectivity index (χ2n) is 4.24. The van der Waals surface area contributed by atoms with Crippen molar-refractivity contribution in [3.63, 3.8) is 0 Å². The van der Waals surface area contributed by atoms with Gasteiger partial charge in [0, 0.05) is 6.04 Å². The normalized spacial score (nSPS) is 13.4. The molecule has 1 atom stereocenters. The molecule has 2 N–H and O–H groups in total. The molecule has 1 aromatic carbocycles. The van der Waals surface area contributed by atoms with Crippen molar-refractivity contribution < 1.29 is 4.39 Å². The van der Waals surface area contributed by atoms with Crippen molar-refractivity contribution in [2.75, 3.05) is 0 Å². The first-order chi connectivity index (χ1) is 6.43. The fourth-order valence-electron chi connectivity index (χ4n) is 1.56. The summed E-state index contributed by atoms with van der Waals surface area (Å²) in [6.45, 7) is 7.69. The third kappa shape index (κ3) is 2.13. The monoisotopic (exact) mass is 195 g/mol. The van der Waals surface area contributed by atoms with Crippen LogP contribution in [-0.4, -0.2) is 0 Å². The maximum atomic E-state index is 13.3. The molecule has 0 aromatic heterocycles. The van der Waals surface area contributed by atoms with Gasteiger partial charge in [0.2, 0.25) is 0 Å². The van der Waals surface area contributed by atoms with Gasteiger partial charge in [-0.15, -0.1) is 0 Å². The summed E-state index contributed by atoms with van der Waals surface area (Å²) in [7, 11) is 0. The number of aryl methyl sites for hydroxylation is 2. The van der Waals surface area contributed by atoms with Crippen LogP contribution in [0, 0.1) is 25.6 Å². The summed E-state index contributed by atoms with van der Waals surface area (Å²) in [5.74, 6) is 0.254. The number of rotatable bonds is 2.